The minimum Gasteiger partial charge on any atom is -0.486 e. The summed E-state index contributed by atoms with van der Waals surface area (Å²) >= 11 is 7.19. The molecule has 2 rings (SSSR count). The van der Waals surface area contributed by atoms with Gasteiger partial charge in [-0.3, -0.25) is 4.79 Å². The van der Waals surface area contributed by atoms with E-state index >= 15 is 0 Å². The van der Waals surface area contributed by atoms with Gasteiger partial charge in [0.15, 0.2) is 0 Å². The van der Waals surface area contributed by atoms with Crippen molar-refractivity contribution >= 4 is 28.8 Å². The van der Waals surface area contributed by atoms with E-state index in [1.807, 2.05) is 27.7 Å². The SMILES string of the molecule is Cc1nc(COc2ccc(Cl)cc2)sc1C(=O)NC(C)(C)C. The zero-order valence-electron chi connectivity index (χ0n) is 13.1. The number of carbonyl (C=O) groups is 1. The van der Waals surface area contributed by atoms with Crippen molar-refractivity contribution in [3.05, 3.63) is 44.9 Å². The van der Waals surface area contributed by atoms with Crippen molar-refractivity contribution in [2.75, 3.05) is 0 Å². The molecule has 22 heavy (non-hydrogen) atoms. The average molecular weight is 339 g/mol. The van der Waals surface area contributed by atoms with E-state index in [4.69, 9.17) is 16.3 Å². The second kappa shape index (κ2) is 6.67. The van der Waals surface area contributed by atoms with Gasteiger partial charge in [0.2, 0.25) is 0 Å². The monoisotopic (exact) mass is 338 g/mol. The van der Waals surface area contributed by atoms with E-state index in [0.29, 0.717) is 16.5 Å². The van der Waals surface area contributed by atoms with Crippen LogP contribution in [-0.2, 0) is 6.61 Å². The molecule has 0 aliphatic carbocycles. The molecular weight excluding hydrogens is 320 g/mol. The van der Waals surface area contributed by atoms with Gasteiger partial charge in [0.1, 0.15) is 22.2 Å². The number of hydrogen-bond acceptors (Lipinski definition) is 4. The van der Waals surface area contributed by atoms with E-state index in [-0.39, 0.29) is 11.4 Å². The van der Waals surface area contributed by atoms with Crippen LogP contribution in [0.4, 0.5) is 0 Å². The first-order valence-electron chi connectivity index (χ1n) is 6.92. The number of aromatic nitrogens is 1. The number of carbonyl (C=O) groups excluding carboxylic acids is 1. The van der Waals surface area contributed by atoms with Crippen LogP contribution in [0.15, 0.2) is 24.3 Å². The molecule has 0 radical (unpaired) electrons. The minimum absolute atomic E-state index is 0.0970. The van der Waals surface area contributed by atoms with Gasteiger partial charge in [-0.2, -0.15) is 0 Å². The van der Waals surface area contributed by atoms with Gasteiger partial charge in [0.05, 0.1) is 5.69 Å². The van der Waals surface area contributed by atoms with E-state index in [0.717, 1.165) is 16.5 Å². The molecule has 0 unspecified atom stereocenters. The molecule has 1 heterocycles. The van der Waals surface area contributed by atoms with Crippen molar-refractivity contribution in [3.63, 3.8) is 0 Å². The molecule has 1 amide bonds. The average Bonchev–Trinajstić information content (AvgIpc) is 2.77. The van der Waals surface area contributed by atoms with Gasteiger partial charge in [-0.05, 0) is 52.0 Å². The van der Waals surface area contributed by atoms with Crippen molar-refractivity contribution in [1.82, 2.24) is 10.3 Å². The fourth-order valence-electron chi connectivity index (χ4n) is 1.80. The Bertz CT molecular complexity index is 660. The molecule has 1 N–H and O–H groups in total. The summed E-state index contributed by atoms with van der Waals surface area (Å²) in [5.41, 5.74) is 0.453. The summed E-state index contributed by atoms with van der Waals surface area (Å²) in [6, 6.07) is 7.14. The smallest absolute Gasteiger partial charge is 0.263 e. The quantitative estimate of drug-likeness (QED) is 0.908. The third kappa shape index (κ3) is 4.71. The molecule has 0 aliphatic rings. The van der Waals surface area contributed by atoms with Crippen molar-refractivity contribution in [1.29, 1.82) is 0 Å². The van der Waals surface area contributed by atoms with Crippen molar-refractivity contribution in [2.45, 2.75) is 39.8 Å². The molecule has 118 valence electrons. The van der Waals surface area contributed by atoms with Crippen LogP contribution in [0.2, 0.25) is 5.02 Å². The number of benzene rings is 1. The highest BCUT2D eigenvalue weighted by Gasteiger charge is 2.20. The Kier molecular flexibility index (Phi) is 5.08. The first kappa shape index (κ1) is 16.8. The predicted octanol–water partition coefficient (Wildman–Crippen LogP) is 4.21. The molecule has 2 aromatic rings. The van der Waals surface area contributed by atoms with E-state index in [9.17, 15) is 4.79 Å². The Balaban J connectivity index is 2.03. The Labute approximate surface area is 139 Å². The van der Waals surface area contributed by atoms with Crippen molar-refractivity contribution < 1.29 is 9.53 Å². The predicted molar refractivity (Wildman–Crippen MR) is 89.9 cm³/mol. The molecule has 0 spiro atoms. The van der Waals surface area contributed by atoms with Crippen LogP contribution in [0.5, 0.6) is 5.75 Å². The maximum absolute atomic E-state index is 12.2. The molecule has 1 aromatic heterocycles. The van der Waals surface area contributed by atoms with Gasteiger partial charge >= 0.3 is 0 Å². The lowest BCUT2D eigenvalue weighted by atomic mass is 10.1. The van der Waals surface area contributed by atoms with Gasteiger partial charge in [-0.15, -0.1) is 11.3 Å². The topological polar surface area (TPSA) is 51.2 Å². The Morgan fingerprint density at radius 3 is 2.55 bits per heavy atom. The molecular formula is C16H19ClN2O2S. The largest absolute Gasteiger partial charge is 0.486 e. The van der Waals surface area contributed by atoms with Gasteiger partial charge in [0.25, 0.3) is 5.91 Å². The van der Waals surface area contributed by atoms with Gasteiger partial charge in [-0.1, -0.05) is 11.6 Å². The van der Waals surface area contributed by atoms with Crippen molar-refractivity contribution in [3.8, 4) is 5.75 Å². The second-order valence-electron chi connectivity index (χ2n) is 5.97. The molecule has 4 nitrogen and oxygen atoms in total. The highest BCUT2D eigenvalue weighted by atomic mass is 35.5. The summed E-state index contributed by atoms with van der Waals surface area (Å²) in [7, 11) is 0. The van der Waals surface area contributed by atoms with Gasteiger partial charge < -0.3 is 10.1 Å². The second-order valence-corrected chi connectivity index (χ2v) is 7.49. The maximum Gasteiger partial charge on any atom is 0.263 e. The summed E-state index contributed by atoms with van der Waals surface area (Å²) in [4.78, 5) is 17.2. The number of thiazole rings is 1. The van der Waals surface area contributed by atoms with Crippen LogP contribution in [0.1, 0.15) is 41.1 Å². The van der Waals surface area contributed by atoms with Crippen LogP contribution in [0, 0.1) is 6.92 Å². The molecule has 1 aromatic carbocycles. The van der Waals surface area contributed by atoms with Crippen LogP contribution in [-0.4, -0.2) is 16.4 Å². The fourth-order valence-corrected chi connectivity index (χ4v) is 2.80. The number of halogens is 1. The molecule has 0 saturated carbocycles. The first-order chi connectivity index (χ1) is 10.2. The Hall–Kier alpha value is -1.59. The highest BCUT2D eigenvalue weighted by molar-refractivity contribution is 7.13. The lowest BCUT2D eigenvalue weighted by Gasteiger charge is -2.19. The number of aryl methyl sites for hydroxylation is 1. The minimum atomic E-state index is -0.270. The van der Waals surface area contributed by atoms with Gasteiger partial charge in [-0.25, -0.2) is 4.98 Å². The summed E-state index contributed by atoms with van der Waals surface area (Å²) in [5.74, 6) is 0.623. The summed E-state index contributed by atoms with van der Waals surface area (Å²) in [5, 5.41) is 4.38. The first-order valence-corrected chi connectivity index (χ1v) is 8.11. The van der Waals surface area contributed by atoms with Crippen LogP contribution < -0.4 is 10.1 Å². The summed E-state index contributed by atoms with van der Waals surface area (Å²) < 4.78 is 5.65. The summed E-state index contributed by atoms with van der Waals surface area (Å²) in [6.07, 6.45) is 0. The molecule has 0 atom stereocenters. The van der Waals surface area contributed by atoms with E-state index in [2.05, 4.69) is 10.3 Å². The fraction of sp³-hybridized carbons (Fsp3) is 0.375. The molecule has 0 aliphatic heterocycles. The number of rotatable bonds is 4. The molecule has 0 bridgehead atoms. The number of hydrogen-bond donors (Lipinski definition) is 1. The number of amides is 1. The summed E-state index contributed by atoms with van der Waals surface area (Å²) in [6.45, 7) is 8.01. The van der Waals surface area contributed by atoms with Crippen LogP contribution in [0.3, 0.4) is 0 Å². The normalized spacial score (nSPS) is 11.3. The van der Waals surface area contributed by atoms with Gasteiger partial charge in [0, 0.05) is 10.6 Å². The van der Waals surface area contributed by atoms with E-state index in [1.165, 1.54) is 11.3 Å². The number of ether oxygens (including phenoxy) is 1. The van der Waals surface area contributed by atoms with E-state index in [1.54, 1.807) is 24.3 Å². The molecule has 0 saturated heterocycles. The third-order valence-corrected chi connectivity index (χ3v) is 4.09. The Morgan fingerprint density at radius 2 is 1.95 bits per heavy atom. The zero-order chi connectivity index (χ0) is 16.3. The number of nitrogens with one attached hydrogen (secondary N) is 1. The Morgan fingerprint density at radius 1 is 1.32 bits per heavy atom. The number of nitrogens with zero attached hydrogens (tertiary/aromatic N) is 1. The zero-order valence-corrected chi connectivity index (χ0v) is 14.6. The highest BCUT2D eigenvalue weighted by Crippen LogP contribution is 2.22. The standard InChI is InChI=1S/C16H19ClN2O2S/c1-10-14(15(20)19-16(2,3)4)22-13(18-10)9-21-12-7-5-11(17)6-8-12/h5-8H,9H2,1-4H3,(H,19,20). The molecule has 6 heteroatoms. The maximum atomic E-state index is 12.2. The van der Waals surface area contributed by atoms with Crippen LogP contribution in [0.25, 0.3) is 0 Å². The van der Waals surface area contributed by atoms with Crippen molar-refractivity contribution in [2.24, 2.45) is 0 Å². The third-order valence-electron chi connectivity index (χ3n) is 2.71. The lowest BCUT2D eigenvalue weighted by molar-refractivity contribution is 0.0923. The van der Waals surface area contributed by atoms with E-state index < -0.39 is 0 Å². The molecule has 0 fully saturated rings. The lowest BCUT2D eigenvalue weighted by Crippen LogP contribution is -2.40. The van der Waals surface area contributed by atoms with Crippen LogP contribution >= 0.6 is 22.9 Å².